The number of carbonyl (C=O) groups excluding carboxylic acids is 2. The largest absolute Gasteiger partial charge is 0.496 e. The molecule has 2 rings (SSSR count). The van der Waals surface area contributed by atoms with Crippen LogP contribution in [0.25, 0.3) is 0 Å². The summed E-state index contributed by atoms with van der Waals surface area (Å²) >= 11 is 0. The van der Waals surface area contributed by atoms with Crippen LogP contribution in [0.2, 0.25) is 0 Å². The fourth-order valence-corrected chi connectivity index (χ4v) is 4.58. The van der Waals surface area contributed by atoms with Crippen molar-refractivity contribution in [2.45, 2.75) is 25.7 Å². The van der Waals surface area contributed by atoms with Crippen LogP contribution in [0.3, 0.4) is 0 Å². The third kappa shape index (κ3) is 4.51. The molecule has 0 radical (unpaired) electrons. The van der Waals surface area contributed by atoms with E-state index in [2.05, 4.69) is 14.2 Å². The number of sulfonamides is 1. The summed E-state index contributed by atoms with van der Waals surface area (Å²) in [5, 5.41) is 0. The fourth-order valence-electron chi connectivity index (χ4n) is 3.01. The first-order valence-corrected chi connectivity index (χ1v) is 10.0. The highest BCUT2D eigenvalue weighted by Crippen LogP contribution is 2.32. The lowest BCUT2D eigenvalue weighted by molar-refractivity contribution is 0.0599. The average molecular weight is 421 g/mol. The summed E-state index contributed by atoms with van der Waals surface area (Å²) in [5.41, 5.74) is 1.76. The van der Waals surface area contributed by atoms with Crippen molar-refractivity contribution >= 4 is 27.6 Å². The average Bonchev–Trinajstić information content (AvgIpc) is 2.68. The second-order valence-electron chi connectivity index (χ2n) is 6.36. The van der Waals surface area contributed by atoms with Crippen LogP contribution in [-0.4, -0.2) is 41.7 Å². The third-order valence-electron chi connectivity index (χ3n) is 4.49. The molecule has 0 saturated heterocycles. The summed E-state index contributed by atoms with van der Waals surface area (Å²) in [6.45, 7) is 5.11. The molecule has 1 N–H and O–H groups in total. The first kappa shape index (κ1) is 22.2. The smallest absolute Gasteiger partial charge is 0.337 e. The van der Waals surface area contributed by atoms with E-state index in [1.54, 1.807) is 26.8 Å². The van der Waals surface area contributed by atoms with E-state index in [-0.39, 0.29) is 21.7 Å². The Morgan fingerprint density at radius 2 is 1.34 bits per heavy atom. The number of hydrogen-bond acceptors (Lipinski definition) is 7. The summed E-state index contributed by atoms with van der Waals surface area (Å²) in [6.07, 6.45) is 0. The van der Waals surface area contributed by atoms with Crippen molar-refractivity contribution in [2.75, 3.05) is 26.1 Å². The first-order chi connectivity index (χ1) is 13.5. The van der Waals surface area contributed by atoms with Crippen LogP contribution in [0.4, 0.5) is 5.69 Å². The molecule has 29 heavy (non-hydrogen) atoms. The van der Waals surface area contributed by atoms with Crippen LogP contribution >= 0.6 is 0 Å². The molecule has 0 aliphatic heterocycles. The lowest BCUT2D eigenvalue weighted by Gasteiger charge is -2.17. The molecule has 0 bridgehead atoms. The van der Waals surface area contributed by atoms with E-state index < -0.39 is 22.0 Å². The Balaban J connectivity index is 2.59. The number of methoxy groups -OCH3 is 3. The van der Waals surface area contributed by atoms with Gasteiger partial charge in [0.1, 0.15) is 5.75 Å². The van der Waals surface area contributed by atoms with Crippen LogP contribution in [0.5, 0.6) is 5.75 Å². The summed E-state index contributed by atoms with van der Waals surface area (Å²) < 4.78 is 43.3. The standard InChI is InChI=1S/C20H23NO7S/c1-11-7-17(26-4)12(2)13(3)18(11)29(24,25)21-16-9-14(19(22)27-5)8-15(10-16)20(23)28-6/h7-10,21H,1-6H3. The summed E-state index contributed by atoms with van der Waals surface area (Å²) in [5.74, 6) is -0.854. The second-order valence-corrected chi connectivity index (χ2v) is 7.98. The Kier molecular flexibility index (Phi) is 6.53. The van der Waals surface area contributed by atoms with Gasteiger partial charge in [-0.1, -0.05) is 0 Å². The van der Waals surface area contributed by atoms with Crippen molar-refractivity contribution in [2.24, 2.45) is 0 Å². The number of nitrogens with one attached hydrogen (secondary N) is 1. The van der Waals surface area contributed by atoms with Gasteiger partial charge < -0.3 is 14.2 Å². The minimum Gasteiger partial charge on any atom is -0.496 e. The molecule has 0 amide bonds. The Labute approximate surface area is 169 Å². The molecule has 9 heteroatoms. The van der Waals surface area contributed by atoms with Gasteiger partial charge in [-0.05, 0) is 61.7 Å². The van der Waals surface area contributed by atoms with Gasteiger partial charge in [0.05, 0.1) is 43.0 Å². The highest BCUT2D eigenvalue weighted by atomic mass is 32.2. The number of benzene rings is 2. The lowest BCUT2D eigenvalue weighted by Crippen LogP contribution is -2.18. The van der Waals surface area contributed by atoms with E-state index in [1.807, 2.05) is 0 Å². The molecule has 2 aromatic rings. The van der Waals surface area contributed by atoms with Gasteiger partial charge in [0.15, 0.2) is 0 Å². The Hall–Kier alpha value is -3.07. The Morgan fingerprint density at radius 3 is 1.79 bits per heavy atom. The van der Waals surface area contributed by atoms with E-state index in [0.717, 1.165) is 0 Å². The monoisotopic (exact) mass is 421 g/mol. The number of aryl methyl sites for hydroxylation is 1. The van der Waals surface area contributed by atoms with Gasteiger partial charge in [-0.2, -0.15) is 0 Å². The van der Waals surface area contributed by atoms with Crippen molar-refractivity contribution in [3.05, 3.63) is 52.1 Å². The number of carbonyl (C=O) groups is 2. The number of rotatable bonds is 6. The summed E-state index contributed by atoms with van der Waals surface area (Å²) in [4.78, 5) is 23.9. The molecular weight excluding hydrogens is 398 g/mol. The van der Waals surface area contributed by atoms with Crippen LogP contribution in [0.1, 0.15) is 37.4 Å². The zero-order valence-corrected chi connectivity index (χ0v) is 17.9. The molecule has 0 fully saturated rings. The van der Waals surface area contributed by atoms with Gasteiger partial charge in [0.2, 0.25) is 0 Å². The molecule has 0 spiro atoms. The van der Waals surface area contributed by atoms with E-state index in [0.29, 0.717) is 22.4 Å². The minimum atomic E-state index is -4.03. The topological polar surface area (TPSA) is 108 Å². The minimum absolute atomic E-state index is 0.00690. The van der Waals surface area contributed by atoms with Gasteiger partial charge >= 0.3 is 11.9 Å². The van der Waals surface area contributed by atoms with Crippen LogP contribution in [-0.2, 0) is 19.5 Å². The highest BCUT2D eigenvalue weighted by Gasteiger charge is 2.24. The number of ether oxygens (including phenoxy) is 3. The SMILES string of the molecule is COC(=O)c1cc(NS(=O)(=O)c2c(C)cc(OC)c(C)c2C)cc(C(=O)OC)c1. The van der Waals surface area contributed by atoms with Crippen molar-refractivity contribution in [3.8, 4) is 5.75 Å². The number of hydrogen-bond donors (Lipinski definition) is 1. The highest BCUT2D eigenvalue weighted by molar-refractivity contribution is 7.92. The molecular formula is C20H23NO7S. The third-order valence-corrected chi connectivity index (χ3v) is 6.16. The molecule has 0 aliphatic rings. The summed E-state index contributed by atoms with van der Waals surface area (Å²) in [6, 6.07) is 5.49. The van der Waals surface area contributed by atoms with Gasteiger partial charge in [-0.15, -0.1) is 0 Å². The lowest BCUT2D eigenvalue weighted by atomic mass is 10.1. The quantitative estimate of drug-likeness (QED) is 0.714. The molecule has 0 aromatic heterocycles. The zero-order valence-electron chi connectivity index (χ0n) is 17.1. The van der Waals surface area contributed by atoms with Crippen LogP contribution in [0, 0.1) is 20.8 Å². The van der Waals surface area contributed by atoms with E-state index >= 15 is 0 Å². The predicted octanol–water partition coefficient (Wildman–Crippen LogP) is 2.99. The molecule has 0 aliphatic carbocycles. The van der Waals surface area contributed by atoms with E-state index in [4.69, 9.17) is 4.74 Å². The van der Waals surface area contributed by atoms with Crippen LogP contribution < -0.4 is 9.46 Å². The number of anilines is 1. The Bertz CT molecular complexity index is 1040. The Morgan fingerprint density at radius 1 is 0.828 bits per heavy atom. The first-order valence-electron chi connectivity index (χ1n) is 8.55. The van der Waals surface area contributed by atoms with Crippen molar-refractivity contribution in [1.82, 2.24) is 0 Å². The summed E-state index contributed by atoms with van der Waals surface area (Å²) in [7, 11) is -0.147. The maximum atomic E-state index is 13.1. The van der Waals surface area contributed by atoms with Gasteiger partial charge in [0, 0.05) is 0 Å². The van der Waals surface area contributed by atoms with Gasteiger partial charge in [-0.25, -0.2) is 18.0 Å². The van der Waals surface area contributed by atoms with Crippen molar-refractivity contribution in [3.63, 3.8) is 0 Å². The molecule has 8 nitrogen and oxygen atoms in total. The molecule has 0 heterocycles. The number of esters is 2. The second kappa shape index (κ2) is 8.52. The molecule has 0 unspecified atom stereocenters. The van der Waals surface area contributed by atoms with E-state index in [9.17, 15) is 18.0 Å². The molecule has 2 aromatic carbocycles. The molecule has 0 saturated carbocycles. The maximum Gasteiger partial charge on any atom is 0.337 e. The maximum absolute atomic E-state index is 13.1. The van der Waals surface area contributed by atoms with Gasteiger partial charge in [0.25, 0.3) is 10.0 Å². The van der Waals surface area contributed by atoms with E-state index in [1.165, 1.54) is 39.5 Å². The van der Waals surface area contributed by atoms with Crippen LogP contribution in [0.15, 0.2) is 29.2 Å². The predicted molar refractivity (Wildman–Crippen MR) is 107 cm³/mol. The fraction of sp³-hybridized carbons (Fsp3) is 0.300. The normalized spacial score (nSPS) is 11.0. The van der Waals surface area contributed by atoms with Crippen molar-refractivity contribution < 1.29 is 32.2 Å². The molecule has 156 valence electrons. The van der Waals surface area contributed by atoms with Gasteiger partial charge in [-0.3, -0.25) is 4.72 Å². The van der Waals surface area contributed by atoms with Crippen molar-refractivity contribution in [1.29, 1.82) is 0 Å². The molecule has 0 atom stereocenters. The zero-order chi connectivity index (χ0) is 21.9.